The van der Waals surface area contributed by atoms with E-state index in [4.69, 9.17) is 33.3 Å². The Hall–Kier alpha value is -3.95. The van der Waals surface area contributed by atoms with Crippen molar-refractivity contribution < 1.29 is 14.3 Å². The molecule has 0 saturated carbocycles. The monoisotopic (exact) mass is 656 g/mol. The number of thiocarbonyl (C=S) groups is 1. The van der Waals surface area contributed by atoms with Crippen molar-refractivity contribution in [2.75, 3.05) is 52.0 Å². The Morgan fingerprint density at radius 2 is 1.26 bits per heavy atom. The number of carbonyl (C=O) groups excluding carboxylic acids is 1. The van der Waals surface area contributed by atoms with Crippen LogP contribution in [0.4, 0.5) is 11.4 Å². The van der Waals surface area contributed by atoms with Crippen LogP contribution < -0.4 is 20.1 Å². The van der Waals surface area contributed by atoms with Crippen LogP contribution in [-0.4, -0.2) is 62.1 Å². The molecule has 9 heteroatoms. The van der Waals surface area contributed by atoms with Crippen LogP contribution in [-0.2, 0) is 25.9 Å². The van der Waals surface area contributed by atoms with Gasteiger partial charge in [-0.3, -0.25) is 4.79 Å². The van der Waals surface area contributed by atoms with Gasteiger partial charge in [-0.1, -0.05) is 42.0 Å². The molecule has 46 heavy (non-hydrogen) atoms. The standard InChI is InChI=1S/C19H22N2OS.C18H19ClN2O2/c1-13-4-7-17(18(10-13)22-3)19(23)20-16-6-5-14-8-9-21(2)12-15(14)11-16;1-21-8-7-12-3-5-15(9-13(12)11-21)20-18(22)16-6-4-14(19)10-17(16)23-2/h4-7,10-11H,8-9,12H2,1-3H3,(H,20,23);3-6,9-10H,7-8,11H2,1-2H3,(H,20,22). The van der Waals surface area contributed by atoms with Crippen LogP contribution in [0.3, 0.4) is 0 Å². The lowest BCUT2D eigenvalue weighted by Crippen LogP contribution is -2.26. The van der Waals surface area contributed by atoms with Gasteiger partial charge < -0.3 is 29.9 Å². The zero-order chi connectivity index (χ0) is 32.8. The molecule has 0 atom stereocenters. The summed E-state index contributed by atoms with van der Waals surface area (Å²) in [6.45, 7) is 6.14. The fraction of sp³-hybridized carbons (Fsp3) is 0.297. The lowest BCUT2D eigenvalue weighted by atomic mass is 9.99. The third-order valence-electron chi connectivity index (χ3n) is 8.34. The van der Waals surface area contributed by atoms with E-state index in [1.54, 1.807) is 25.3 Å². The highest BCUT2D eigenvalue weighted by atomic mass is 35.5. The summed E-state index contributed by atoms with van der Waals surface area (Å²) in [6, 6.07) is 23.7. The van der Waals surface area contributed by atoms with E-state index in [0.717, 1.165) is 67.3 Å². The second kappa shape index (κ2) is 15.1. The molecule has 0 aliphatic carbocycles. The summed E-state index contributed by atoms with van der Waals surface area (Å²) in [7, 11) is 7.46. The van der Waals surface area contributed by atoms with Crippen LogP contribution in [0.15, 0.2) is 72.8 Å². The third-order valence-corrected chi connectivity index (χ3v) is 8.90. The van der Waals surface area contributed by atoms with Gasteiger partial charge in [0.15, 0.2) is 0 Å². The average Bonchev–Trinajstić information content (AvgIpc) is 3.04. The highest BCUT2D eigenvalue weighted by Gasteiger charge is 2.17. The van der Waals surface area contributed by atoms with Crippen molar-refractivity contribution in [1.82, 2.24) is 9.80 Å². The van der Waals surface area contributed by atoms with Gasteiger partial charge >= 0.3 is 0 Å². The van der Waals surface area contributed by atoms with Gasteiger partial charge in [0.1, 0.15) is 16.5 Å². The fourth-order valence-electron chi connectivity index (χ4n) is 5.79. The molecule has 7 nitrogen and oxygen atoms in total. The van der Waals surface area contributed by atoms with E-state index in [2.05, 4.69) is 58.8 Å². The van der Waals surface area contributed by atoms with Gasteiger partial charge in [-0.25, -0.2) is 0 Å². The van der Waals surface area contributed by atoms with Gasteiger partial charge in [0.25, 0.3) is 5.91 Å². The molecule has 6 rings (SSSR count). The van der Waals surface area contributed by atoms with Crippen molar-refractivity contribution in [3.8, 4) is 11.5 Å². The van der Waals surface area contributed by atoms with E-state index in [9.17, 15) is 4.79 Å². The number of benzene rings is 4. The molecule has 0 unspecified atom stereocenters. The molecule has 1 amide bonds. The van der Waals surface area contributed by atoms with Gasteiger partial charge in [-0.2, -0.15) is 0 Å². The Morgan fingerprint density at radius 1 is 0.717 bits per heavy atom. The number of methoxy groups -OCH3 is 2. The highest BCUT2D eigenvalue weighted by Crippen LogP contribution is 2.27. The second-order valence-electron chi connectivity index (χ2n) is 11.9. The van der Waals surface area contributed by atoms with E-state index in [-0.39, 0.29) is 5.91 Å². The predicted octanol–water partition coefficient (Wildman–Crippen LogP) is 7.37. The molecule has 2 N–H and O–H groups in total. The summed E-state index contributed by atoms with van der Waals surface area (Å²) in [5.41, 5.74) is 9.80. The van der Waals surface area contributed by atoms with Gasteiger partial charge in [0.2, 0.25) is 0 Å². The first-order valence-corrected chi connectivity index (χ1v) is 16.1. The molecule has 4 aromatic rings. The van der Waals surface area contributed by atoms with E-state index >= 15 is 0 Å². The van der Waals surface area contributed by atoms with Crippen molar-refractivity contribution in [3.05, 3.63) is 117 Å². The maximum absolute atomic E-state index is 12.5. The van der Waals surface area contributed by atoms with E-state index in [1.807, 2.05) is 37.3 Å². The Morgan fingerprint density at radius 3 is 1.85 bits per heavy atom. The number of hydrogen-bond donors (Lipinski definition) is 2. The molecule has 240 valence electrons. The van der Waals surface area contributed by atoms with E-state index in [1.165, 1.54) is 29.4 Å². The number of anilines is 2. The maximum Gasteiger partial charge on any atom is 0.259 e. The van der Waals surface area contributed by atoms with Gasteiger partial charge in [0, 0.05) is 42.6 Å². The lowest BCUT2D eigenvalue weighted by Gasteiger charge is -2.25. The second-order valence-corrected chi connectivity index (χ2v) is 12.7. The topological polar surface area (TPSA) is 66.1 Å². The maximum atomic E-state index is 12.5. The average molecular weight is 657 g/mol. The van der Waals surface area contributed by atoms with E-state index in [0.29, 0.717) is 21.3 Å². The molecule has 0 aromatic heterocycles. The number of fused-ring (bicyclic) bond motifs is 2. The summed E-state index contributed by atoms with van der Waals surface area (Å²) < 4.78 is 10.7. The Balaban J connectivity index is 0.000000181. The minimum Gasteiger partial charge on any atom is -0.496 e. The van der Waals surface area contributed by atoms with Crippen LogP contribution >= 0.6 is 23.8 Å². The minimum atomic E-state index is -0.206. The quantitative estimate of drug-likeness (QED) is 0.210. The number of amides is 1. The van der Waals surface area contributed by atoms with Crippen LogP contribution in [0, 0.1) is 6.92 Å². The normalized spacial score (nSPS) is 14.2. The van der Waals surface area contributed by atoms with E-state index < -0.39 is 0 Å². The van der Waals surface area contributed by atoms with Crippen LogP contribution in [0.2, 0.25) is 5.02 Å². The smallest absolute Gasteiger partial charge is 0.259 e. The van der Waals surface area contributed by atoms with Crippen LogP contribution in [0.1, 0.15) is 43.7 Å². The Bertz CT molecular complexity index is 1620. The van der Waals surface area contributed by atoms with Gasteiger partial charge in [-0.05, 0) is 116 Å². The summed E-state index contributed by atoms with van der Waals surface area (Å²) >= 11 is 11.5. The molecule has 2 aliphatic heterocycles. The van der Waals surface area contributed by atoms with Gasteiger partial charge in [-0.15, -0.1) is 0 Å². The van der Waals surface area contributed by atoms with Crippen molar-refractivity contribution >= 4 is 46.1 Å². The summed E-state index contributed by atoms with van der Waals surface area (Å²) in [6.07, 6.45) is 2.16. The Kier molecular flexibility index (Phi) is 11.0. The zero-order valence-corrected chi connectivity index (χ0v) is 28.6. The highest BCUT2D eigenvalue weighted by molar-refractivity contribution is 7.81. The molecule has 4 aromatic carbocycles. The molecule has 0 spiro atoms. The molecule has 0 saturated heterocycles. The number of nitrogens with zero attached hydrogens (tertiary/aromatic N) is 2. The third kappa shape index (κ3) is 8.25. The number of hydrogen-bond acceptors (Lipinski definition) is 6. The largest absolute Gasteiger partial charge is 0.496 e. The fourth-order valence-corrected chi connectivity index (χ4v) is 6.24. The molecule has 0 fully saturated rings. The summed E-state index contributed by atoms with van der Waals surface area (Å²) in [4.78, 5) is 17.8. The van der Waals surface area contributed by atoms with Crippen molar-refractivity contribution in [2.45, 2.75) is 32.9 Å². The molecular formula is C37H41ClN4O3S. The van der Waals surface area contributed by atoms with Crippen molar-refractivity contribution in [1.29, 1.82) is 0 Å². The number of halogens is 1. The molecule has 2 aliphatic rings. The van der Waals surface area contributed by atoms with Crippen LogP contribution in [0.5, 0.6) is 11.5 Å². The molecule has 2 heterocycles. The zero-order valence-electron chi connectivity index (χ0n) is 27.1. The van der Waals surface area contributed by atoms with Crippen LogP contribution in [0.25, 0.3) is 0 Å². The molecule has 0 bridgehead atoms. The summed E-state index contributed by atoms with van der Waals surface area (Å²) in [5, 5.41) is 6.82. The first-order chi connectivity index (χ1) is 22.1. The number of carbonyl (C=O) groups is 1. The Labute approximate surface area is 282 Å². The number of nitrogens with one attached hydrogen (secondary N) is 2. The number of rotatable bonds is 6. The first-order valence-electron chi connectivity index (χ1n) is 15.3. The lowest BCUT2D eigenvalue weighted by molar-refractivity contribution is 0.102. The van der Waals surface area contributed by atoms with Crippen molar-refractivity contribution in [3.63, 3.8) is 0 Å². The number of ether oxygens (including phenoxy) is 2. The summed E-state index contributed by atoms with van der Waals surface area (Å²) in [5.74, 6) is 1.07. The molecule has 0 radical (unpaired) electrons. The van der Waals surface area contributed by atoms with Crippen molar-refractivity contribution in [2.24, 2.45) is 0 Å². The SMILES string of the molecule is COc1cc(C)ccc1C(=S)Nc1ccc2c(c1)CN(C)CC2.COc1cc(Cl)ccc1C(=O)Nc1ccc2c(c1)CN(C)CC2. The number of likely N-dealkylation sites (N-methyl/N-ethyl adjacent to an activating group) is 2. The van der Waals surface area contributed by atoms with Gasteiger partial charge in [0.05, 0.1) is 25.3 Å². The minimum absolute atomic E-state index is 0.206. The molecular weight excluding hydrogens is 616 g/mol. The predicted molar refractivity (Wildman–Crippen MR) is 192 cm³/mol. The first kappa shape index (κ1) is 33.4. The number of aryl methyl sites for hydroxylation is 1.